The van der Waals surface area contributed by atoms with E-state index in [1.807, 2.05) is 13.8 Å². The standard InChI is InChI=1S/C16H24N2O2/c1-16(2,15(19)20-3)11-18-9-8-12-6-4-5-7-13(12)14(18)10-17/h4-7,14H,8-11,17H2,1-3H3. The average molecular weight is 276 g/mol. The Morgan fingerprint density at radius 1 is 1.45 bits per heavy atom. The Morgan fingerprint density at radius 2 is 2.15 bits per heavy atom. The zero-order valence-corrected chi connectivity index (χ0v) is 12.6. The zero-order valence-electron chi connectivity index (χ0n) is 12.6. The van der Waals surface area contributed by atoms with Gasteiger partial charge in [0.1, 0.15) is 0 Å². The summed E-state index contributed by atoms with van der Waals surface area (Å²) in [5.74, 6) is -0.174. The lowest BCUT2D eigenvalue weighted by Gasteiger charge is -2.40. The number of methoxy groups -OCH3 is 1. The number of rotatable bonds is 4. The summed E-state index contributed by atoms with van der Waals surface area (Å²) in [7, 11) is 1.44. The summed E-state index contributed by atoms with van der Waals surface area (Å²) in [5, 5.41) is 0. The van der Waals surface area contributed by atoms with E-state index in [9.17, 15) is 4.79 Å². The number of esters is 1. The highest BCUT2D eigenvalue weighted by atomic mass is 16.5. The number of benzene rings is 1. The molecule has 2 rings (SSSR count). The van der Waals surface area contributed by atoms with Crippen LogP contribution in [-0.4, -0.2) is 37.6 Å². The number of nitrogens with two attached hydrogens (primary N) is 1. The Morgan fingerprint density at radius 3 is 2.80 bits per heavy atom. The molecule has 1 unspecified atom stereocenters. The van der Waals surface area contributed by atoms with Crippen LogP contribution in [0.2, 0.25) is 0 Å². The molecule has 0 saturated heterocycles. The Kier molecular flexibility index (Phi) is 4.45. The van der Waals surface area contributed by atoms with Gasteiger partial charge in [0.2, 0.25) is 0 Å². The van der Waals surface area contributed by atoms with Crippen molar-refractivity contribution in [2.75, 3.05) is 26.7 Å². The quantitative estimate of drug-likeness (QED) is 0.851. The second kappa shape index (κ2) is 5.94. The summed E-state index contributed by atoms with van der Waals surface area (Å²) < 4.78 is 4.90. The molecule has 2 N–H and O–H groups in total. The fraction of sp³-hybridized carbons (Fsp3) is 0.562. The number of ether oxygens (including phenoxy) is 1. The van der Waals surface area contributed by atoms with E-state index < -0.39 is 5.41 Å². The molecule has 1 aromatic rings. The molecule has 0 aliphatic carbocycles. The molecule has 0 saturated carbocycles. The molecule has 1 heterocycles. The van der Waals surface area contributed by atoms with E-state index in [4.69, 9.17) is 10.5 Å². The van der Waals surface area contributed by atoms with E-state index in [1.165, 1.54) is 18.2 Å². The van der Waals surface area contributed by atoms with Crippen LogP contribution in [-0.2, 0) is 16.0 Å². The molecule has 0 radical (unpaired) electrons. The van der Waals surface area contributed by atoms with Crippen LogP contribution in [0, 0.1) is 5.41 Å². The van der Waals surface area contributed by atoms with Gasteiger partial charge in [-0.2, -0.15) is 0 Å². The SMILES string of the molecule is COC(=O)C(C)(C)CN1CCc2ccccc2C1CN. The first-order valence-electron chi connectivity index (χ1n) is 7.10. The number of carbonyl (C=O) groups excluding carboxylic acids is 1. The Labute approximate surface area is 120 Å². The van der Waals surface area contributed by atoms with Gasteiger partial charge in [0.25, 0.3) is 0 Å². The molecule has 1 aliphatic heterocycles. The van der Waals surface area contributed by atoms with Crippen molar-refractivity contribution in [1.82, 2.24) is 4.90 Å². The van der Waals surface area contributed by atoms with E-state index in [0.717, 1.165) is 13.0 Å². The maximum Gasteiger partial charge on any atom is 0.312 e. The molecule has 0 amide bonds. The molecular weight excluding hydrogens is 252 g/mol. The van der Waals surface area contributed by atoms with E-state index in [-0.39, 0.29) is 12.0 Å². The smallest absolute Gasteiger partial charge is 0.312 e. The summed E-state index contributed by atoms with van der Waals surface area (Å²) >= 11 is 0. The number of hydrogen-bond donors (Lipinski definition) is 1. The molecule has 0 fully saturated rings. The van der Waals surface area contributed by atoms with Gasteiger partial charge in [-0.3, -0.25) is 9.69 Å². The number of carbonyl (C=O) groups is 1. The number of nitrogens with zero attached hydrogens (tertiary/aromatic N) is 1. The first kappa shape index (κ1) is 15.0. The van der Waals surface area contributed by atoms with Gasteiger partial charge >= 0.3 is 5.97 Å². The van der Waals surface area contributed by atoms with Crippen molar-refractivity contribution in [3.8, 4) is 0 Å². The third-order valence-corrected chi connectivity index (χ3v) is 4.08. The molecule has 4 nitrogen and oxygen atoms in total. The second-order valence-electron chi connectivity index (χ2n) is 6.05. The largest absolute Gasteiger partial charge is 0.469 e. The van der Waals surface area contributed by atoms with Gasteiger partial charge in [-0.25, -0.2) is 0 Å². The van der Waals surface area contributed by atoms with Gasteiger partial charge in [-0.05, 0) is 31.4 Å². The van der Waals surface area contributed by atoms with Gasteiger partial charge in [-0.1, -0.05) is 24.3 Å². The number of hydrogen-bond acceptors (Lipinski definition) is 4. The molecule has 1 atom stereocenters. The molecule has 0 aromatic heterocycles. The maximum absolute atomic E-state index is 11.9. The van der Waals surface area contributed by atoms with Crippen LogP contribution in [0.3, 0.4) is 0 Å². The van der Waals surface area contributed by atoms with E-state index in [0.29, 0.717) is 13.1 Å². The highest BCUT2D eigenvalue weighted by molar-refractivity contribution is 5.76. The average Bonchev–Trinajstić information content (AvgIpc) is 2.45. The minimum absolute atomic E-state index is 0.174. The molecule has 110 valence electrons. The molecule has 0 bridgehead atoms. The fourth-order valence-electron chi connectivity index (χ4n) is 3.02. The van der Waals surface area contributed by atoms with Crippen molar-refractivity contribution >= 4 is 5.97 Å². The lowest BCUT2D eigenvalue weighted by molar-refractivity contribution is -0.152. The van der Waals surface area contributed by atoms with Crippen molar-refractivity contribution in [3.05, 3.63) is 35.4 Å². The molecule has 1 aliphatic rings. The van der Waals surface area contributed by atoms with Crippen LogP contribution < -0.4 is 5.73 Å². The summed E-state index contributed by atoms with van der Waals surface area (Å²) in [4.78, 5) is 14.2. The van der Waals surface area contributed by atoms with Crippen LogP contribution in [0.1, 0.15) is 31.0 Å². The summed E-state index contributed by atoms with van der Waals surface area (Å²) in [5.41, 5.74) is 8.12. The Bertz CT molecular complexity index is 485. The minimum atomic E-state index is -0.519. The predicted molar refractivity (Wildman–Crippen MR) is 79.3 cm³/mol. The monoisotopic (exact) mass is 276 g/mol. The molecule has 0 spiro atoms. The molecular formula is C16H24N2O2. The van der Waals surface area contributed by atoms with Crippen LogP contribution in [0.5, 0.6) is 0 Å². The van der Waals surface area contributed by atoms with Crippen LogP contribution >= 0.6 is 0 Å². The Balaban J connectivity index is 2.20. The first-order valence-corrected chi connectivity index (χ1v) is 7.10. The van der Waals surface area contributed by atoms with E-state index >= 15 is 0 Å². The number of fused-ring (bicyclic) bond motifs is 1. The van der Waals surface area contributed by atoms with Gasteiger partial charge in [0, 0.05) is 25.7 Å². The lowest BCUT2D eigenvalue weighted by atomic mass is 9.87. The van der Waals surface area contributed by atoms with E-state index in [1.54, 1.807) is 0 Å². The molecule has 4 heteroatoms. The van der Waals surface area contributed by atoms with Gasteiger partial charge in [-0.15, -0.1) is 0 Å². The van der Waals surface area contributed by atoms with Crippen molar-refractivity contribution in [2.24, 2.45) is 11.1 Å². The molecule has 1 aromatic carbocycles. The zero-order chi connectivity index (χ0) is 14.8. The lowest BCUT2D eigenvalue weighted by Crippen LogP contribution is -2.46. The van der Waals surface area contributed by atoms with Crippen molar-refractivity contribution in [1.29, 1.82) is 0 Å². The third kappa shape index (κ3) is 2.86. The summed E-state index contributed by atoms with van der Waals surface area (Å²) in [6.45, 7) is 6.00. The first-order chi connectivity index (χ1) is 9.49. The Hall–Kier alpha value is -1.39. The van der Waals surface area contributed by atoms with Crippen molar-refractivity contribution < 1.29 is 9.53 Å². The van der Waals surface area contributed by atoms with Crippen LogP contribution in [0.15, 0.2) is 24.3 Å². The van der Waals surface area contributed by atoms with Gasteiger partial charge in [0.05, 0.1) is 12.5 Å². The highest BCUT2D eigenvalue weighted by Crippen LogP contribution is 2.32. The summed E-state index contributed by atoms with van der Waals surface area (Å²) in [6, 6.07) is 8.62. The fourth-order valence-corrected chi connectivity index (χ4v) is 3.02. The van der Waals surface area contributed by atoms with Gasteiger partial charge < -0.3 is 10.5 Å². The van der Waals surface area contributed by atoms with E-state index in [2.05, 4.69) is 29.2 Å². The topological polar surface area (TPSA) is 55.6 Å². The highest BCUT2D eigenvalue weighted by Gasteiger charge is 2.35. The van der Waals surface area contributed by atoms with Crippen molar-refractivity contribution in [2.45, 2.75) is 26.3 Å². The second-order valence-corrected chi connectivity index (χ2v) is 6.05. The van der Waals surface area contributed by atoms with Gasteiger partial charge in [0.15, 0.2) is 0 Å². The summed E-state index contributed by atoms with van der Waals surface area (Å²) in [6.07, 6.45) is 1.00. The van der Waals surface area contributed by atoms with Crippen LogP contribution in [0.25, 0.3) is 0 Å². The normalized spacial score (nSPS) is 19.5. The van der Waals surface area contributed by atoms with Crippen molar-refractivity contribution in [3.63, 3.8) is 0 Å². The predicted octanol–water partition coefficient (Wildman–Crippen LogP) is 1.74. The van der Waals surface area contributed by atoms with Crippen LogP contribution in [0.4, 0.5) is 0 Å². The molecule has 20 heavy (non-hydrogen) atoms. The maximum atomic E-state index is 11.9. The third-order valence-electron chi connectivity index (χ3n) is 4.08. The minimum Gasteiger partial charge on any atom is -0.469 e.